The fourth-order valence-corrected chi connectivity index (χ4v) is 4.00. The maximum atomic E-state index is 11.8. The molecule has 0 spiro atoms. The molecule has 1 aliphatic rings. The number of aromatic hydroxyl groups is 1. The highest BCUT2D eigenvalue weighted by atomic mass is 32.2. The quantitative estimate of drug-likeness (QED) is 0.584. The van der Waals surface area contributed by atoms with Crippen molar-refractivity contribution in [3.05, 3.63) is 23.8 Å². The first-order valence-corrected chi connectivity index (χ1v) is 9.63. The van der Waals surface area contributed by atoms with Gasteiger partial charge in [-0.05, 0) is 30.5 Å². The van der Waals surface area contributed by atoms with Crippen LogP contribution < -0.4 is 14.8 Å². The van der Waals surface area contributed by atoms with Gasteiger partial charge < -0.3 is 10.8 Å². The maximum absolute atomic E-state index is 11.8. The summed E-state index contributed by atoms with van der Waals surface area (Å²) in [5, 5.41) is 10.2. The molecule has 2 amide bonds. The summed E-state index contributed by atoms with van der Waals surface area (Å²) in [6.45, 7) is 1.69. The van der Waals surface area contributed by atoms with E-state index in [1.54, 1.807) is 6.07 Å². The van der Waals surface area contributed by atoms with Gasteiger partial charge in [-0.2, -0.15) is 8.42 Å². The topological polar surface area (TPSA) is 130 Å². The molecule has 1 fully saturated rings. The molecule has 1 aromatic rings. The smallest absolute Gasteiger partial charge is 0.326 e. The number of nitrogens with two attached hydrogens (primary N) is 1. The van der Waals surface area contributed by atoms with Crippen molar-refractivity contribution in [3.8, 4) is 5.75 Å². The molecule has 138 valence electrons. The van der Waals surface area contributed by atoms with Gasteiger partial charge in [0.2, 0.25) is 5.91 Å². The van der Waals surface area contributed by atoms with Crippen molar-refractivity contribution in [2.75, 3.05) is 10.8 Å². The Balaban J connectivity index is 2.16. The van der Waals surface area contributed by atoms with Crippen LogP contribution in [0.25, 0.3) is 0 Å². The van der Waals surface area contributed by atoms with Gasteiger partial charge in [0.1, 0.15) is 12.3 Å². The van der Waals surface area contributed by atoms with Gasteiger partial charge in [0.15, 0.2) is 0 Å². The number of nitrogens with one attached hydrogen (secondary N) is 1. The van der Waals surface area contributed by atoms with E-state index in [4.69, 9.17) is 5.73 Å². The van der Waals surface area contributed by atoms with Gasteiger partial charge in [0.05, 0.1) is 5.69 Å². The summed E-state index contributed by atoms with van der Waals surface area (Å²) in [5.41, 5.74) is 6.15. The molecule has 0 aromatic heterocycles. The van der Waals surface area contributed by atoms with Crippen LogP contribution in [0.15, 0.2) is 18.2 Å². The number of amides is 2. The Morgan fingerprint density at radius 2 is 2.12 bits per heavy atom. The van der Waals surface area contributed by atoms with E-state index < -0.39 is 22.0 Å². The Kier molecular flexibility index (Phi) is 5.89. The highest BCUT2D eigenvalue weighted by Crippen LogP contribution is 2.32. The molecule has 1 aromatic carbocycles. The second-order valence-electron chi connectivity index (χ2n) is 6.16. The molecule has 0 bridgehead atoms. The van der Waals surface area contributed by atoms with Crippen LogP contribution in [0, 0.1) is 5.92 Å². The monoisotopic (exact) mass is 369 g/mol. The van der Waals surface area contributed by atoms with Crippen LogP contribution in [0.2, 0.25) is 0 Å². The molecule has 4 N–H and O–H groups in total. The van der Waals surface area contributed by atoms with Gasteiger partial charge in [0.25, 0.3) is 5.91 Å². The van der Waals surface area contributed by atoms with Gasteiger partial charge >= 0.3 is 10.2 Å². The number of hydrogen-bond donors (Lipinski definition) is 3. The molecule has 0 saturated carbocycles. The third kappa shape index (κ3) is 4.62. The van der Waals surface area contributed by atoms with Crippen LogP contribution in [0.4, 0.5) is 5.69 Å². The van der Waals surface area contributed by atoms with E-state index in [2.05, 4.69) is 6.92 Å². The molecule has 9 heteroatoms. The lowest BCUT2D eigenvalue weighted by atomic mass is 9.93. The van der Waals surface area contributed by atoms with Crippen LogP contribution in [0.3, 0.4) is 0 Å². The molecule has 0 aliphatic carbocycles. The lowest BCUT2D eigenvalue weighted by Gasteiger charge is -2.18. The number of nitrogens with zero attached hydrogens (tertiary/aromatic N) is 1. The summed E-state index contributed by atoms with van der Waals surface area (Å²) < 4.78 is 26.3. The standard InChI is InChI=1S/C16H23N3O5S/c1-2-3-4-5-12(16(17)22)8-11-6-7-13(14(20)9-11)19-10-15(21)18-25(19,23)24/h6-7,9,12,20H,2-5,8,10H2,1H3,(H2,17,22)(H,18,21). The molecule has 1 atom stereocenters. The first-order valence-electron chi connectivity index (χ1n) is 8.19. The molecule has 0 radical (unpaired) electrons. The van der Waals surface area contributed by atoms with Crippen LogP contribution >= 0.6 is 0 Å². The Morgan fingerprint density at radius 1 is 1.40 bits per heavy atom. The second-order valence-corrected chi connectivity index (χ2v) is 7.75. The number of benzene rings is 1. The predicted octanol–water partition coefficient (Wildman–Crippen LogP) is 0.797. The minimum Gasteiger partial charge on any atom is -0.506 e. The molecule has 25 heavy (non-hydrogen) atoms. The summed E-state index contributed by atoms with van der Waals surface area (Å²) in [6.07, 6.45) is 4.00. The van der Waals surface area contributed by atoms with Crippen LogP contribution in [-0.2, 0) is 26.2 Å². The number of primary amides is 1. The van der Waals surface area contributed by atoms with E-state index in [-0.39, 0.29) is 23.9 Å². The maximum Gasteiger partial charge on any atom is 0.326 e. The molecular formula is C16H23N3O5S. The van der Waals surface area contributed by atoms with Crippen LogP contribution in [0.1, 0.15) is 38.2 Å². The van der Waals surface area contributed by atoms with E-state index in [1.807, 2.05) is 4.72 Å². The zero-order valence-electron chi connectivity index (χ0n) is 14.1. The van der Waals surface area contributed by atoms with E-state index in [9.17, 15) is 23.1 Å². The van der Waals surface area contributed by atoms with Gasteiger partial charge in [-0.1, -0.05) is 32.3 Å². The number of phenols is 1. The summed E-state index contributed by atoms with van der Waals surface area (Å²) in [6, 6.07) is 4.46. The number of anilines is 1. The minimum absolute atomic E-state index is 0.0173. The first-order chi connectivity index (χ1) is 11.7. The van der Waals surface area contributed by atoms with Gasteiger partial charge in [-0.3, -0.25) is 9.59 Å². The number of rotatable bonds is 8. The lowest BCUT2D eigenvalue weighted by molar-refractivity contribution is -0.122. The van der Waals surface area contributed by atoms with Gasteiger partial charge in [-0.25, -0.2) is 9.03 Å². The van der Waals surface area contributed by atoms with E-state index in [1.165, 1.54) is 12.1 Å². The average molecular weight is 369 g/mol. The molecule has 2 rings (SSSR count). The fourth-order valence-electron chi connectivity index (χ4n) is 2.84. The number of carbonyl (C=O) groups is 2. The molecule has 1 heterocycles. The predicted molar refractivity (Wildman–Crippen MR) is 93.0 cm³/mol. The van der Waals surface area contributed by atoms with E-state index >= 15 is 0 Å². The minimum atomic E-state index is -3.98. The van der Waals surface area contributed by atoms with E-state index in [0.717, 1.165) is 23.6 Å². The molecule has 8 nitrogen and oxygen atoms in total. The normalized spacial score (nSPS) is 17.3. The van der Waals surface area contributed by atoms with Crippen LogP contribution in [0.5, 0.6) is 5.75 Å². The van der Waals surface area contributed by atoms with Crippen molar-refractivity contribution >= 4 is 27.7 Å². The molecule has 1 unspecified atom stereocenters. The van der Waals surface area contributed by atoms with Crippen molar-refractivity contribution in [3.63, 3.8) is 0 Å². The lowest BCUT2D eigenvalue weighted by Crippen LogP contribution is -2.29. The number of phenolic OH excluding ortho intramolecular Hbond substituents is 1. The van der Waals surface area contributed by atoms with Crippen molar-refractivity contribution in [2.24, 2.45) is 11.7 Å². The number of hydrogen-bond acceptors (Lipinski definition) is 5. The average Bonchev–Trinajstić information content (AvgIpc) is 2.79. The van der Waals surface area contributed by atoms with Crippen molar-refractivity contribution in [1.29, 1.82) is 0 Å². The highest BCUT2D eigenvalue weighted by Gasteiger charge is 2.35. The van der Waals surface area contributed by atoms with Gasteiger partial charge in [0, 0.05) is 5.92 Å². The zero-order chi connectivity index (χ0) is 18.6. The zero-order valence-corrected chi connectivity index (χ0v) is 14.9. The second kappa shape index (κ2) is 7.73. The summed E-state index contributed by atoms with van der Waals surface area (Å²) >= 11 is 0. The Bertz CT molecular complexity index is 763. The summed E-state index contributed by atoms with van der Waals surface area (Å²) in [7, 11) is -3.98. The first kappa shape index (κ1) is 19.0. The molecular weight excluding hydrogens is 346 g/mol. The largest absolute Gasteiger partial charge is 0.506 e. The van der Waals surface area contributed by atoms with Crippen molar-refractivity contribution in [1.82, 2.24) is 4.72 Å². The Hall–Kier alpha value is -2.29. The van der Waals surface area contributed by atoms with Gasteiger partial charge in [-0.15, -0.1) is 0 Å². The van der Waals surface area contributed by atoms with Crippen LogP contribution in [-0.4, -0.2) is 31.9 Å². The fraction of sp³-hybridized carbons (Fsp3) is 0.500. The third-order valence-corrected chi connectivity index (χ3v) is 5.56. The Morgan fingerprint density at radius 3 is 2.64 bits per heavy atom. The van der Waals surface area contributed by atoms with E-state index in [0.29, 0.717) is 18.4 Å². The number of unbranched alkanes of at least 4 members (excludes halogenated alkanes) is 2. The Labute approximate surface area is 147 Å². The molecule has 1 aliphatic heterocycles. The SMILES string of the molecule is CCCCCC(Cc1ccc(N2CC(=O)NS2(=O)=O)c(O)c1)C(N)=O. The third-order valence-electron chi connectivity index (χ3n) is 4.17. The molecule has 1 saturated heterocycles. The van der Waals surface area contributed by atoms with Crippen molar-refractivity contribution < 1.29 is 23.1 Å². The highest BCUT2D eigenvalue weighted by molar-refractivity contribution is 7.92. The summed E-state index contributed by atoms with van der Waals surface area (Å²) in [5.74, 6) is -1.66. The summed E-state index contributed by atoms with van der Waals surface area (Å²) in [4.78, 5) is 22.9. The van der Waals surface area contributed by atoms with Crippen molar-refractivity contribution in [2.45, 2.75) is 39.0 Å². The number of carbonyl (C=O) groups excluding carboxylic acids is 2.